The smallest absolute Gasteiger partial charge is 0.411 e. The Kier molecular flexibility index (Phi) is 6.23. The van der Waals surface area contributed by atoms with Crippen LogP contribution in [-0.4, -0.2) is 12.6 Å². The average molecular weight is 466 g/mol. The molecule has 1 fully saturated rings. The second-order valence-electron chi connectivity index (χ2n) is 8.95. The van der Waals surface area contributed by atoms with Gasteiger partial charge in [0.2, 0.25) is 0 Å². The SMILES string of the molecule is C[C@@H](OC(=O)NC1=C(c2ccc(-c3ccc(C4(OC=O)CC4)cc3)cc2)C=CC1)c1ccccc1. The molecule has 1 amide bonds. The van der Waals surface area contributed by atoms with Crippen molar-refractivity contribution in [3.05, 3.63) is 113 Å². The molecule has 0 unspecified atom stereocenters. The summed E-state index contributed by atoms with van der Waals surface area (Å²) in [5.74, 6) is 0. The molecule has 2 aliphatic rings. The van der Waals surface area contributed by atoms with Crippen LogP contribution >= 0.6 is 0 Å². The van der Waals surface area contributed by atoms with Crippen LogP contribution in [0.2, 0.25) is 0 Å². The van der Waals surface area contributed by atoms with E-state index in [1.807, 2.05) is 61.5 Å². The summed E-state index contributed by atoms with van der Waals surface area (Å²) in [7, 11) is 0. The summed E-state index contributed by atoms with van der Waals surface area (Å²) < 4.78 is 10.9. The molecule has 5 nitrogen and oxygen atoms in total. The minimum atomic E-state index is -0.457. The van der Waals surface area contributed by atoms with Gasteiger partial charge in [0.1, 0.15) is 11.7 Å². The fourth-order valence-electron chi connectivity index (χ4n) is 4.49. The third kappa shape index (κ3) is 4.90. The van der Waals surface area contributed by atoms with Gasteiger partial charge in [0.05, 0.1) is 0 Å². The van der Waals surface area contributed by atoms with Gasteiger partial charge in [-0.2, -0.15) is 0 Å². The van der Waals surface area contributed by atoms with E-state index in [-0.39, 0.29) is 6.10 Å². The molecule has 3 aromatic carbocycles. The van der Waals surface area contributed by atoms with Crippen molar-refractivity contribution in [1.82, 2.24) is 5.32 Å². The van der Waals surface area contributed by atoms with Crippen LogP contribution in [-0.2, 0) is 19.9 Å². The van der Waals surface area contributed by atoms with Crippen molar-refractivity contribution in [2.45, 2.75) is 37.9 Å². The van der Waals surface area contributed by atoms with E-state index in [0.29, 0.717) is 12.9 Å². The summed E-state index contributed by atoms with van der Waals surface area (Å²) in [5, 5.41) is 2.93. The molecule has 3 aromatic rings. The Morgan fingerprint density at radius 1 is 0.914 bits per heavy atom. The van der Waals surface area contributed by atoms with Crippen molar-refractivity contribution in [3.63, 3.8) is 0 Å². The van der Waals surface area contributed by atoms with Crippen LogP contribution in [0.3, 0.4) is 0 Å². The highest BCUT2D eigenvalue weighted by atomic mass is 16.6. The Morgan fingerprint density at radius 2 is 1.54 bits per heavy atom. The number of carbonyl (C=O) groups excluding carboxylic acids is 2. The predicted octanol–water partition coefficient (Wildman–Crippen LogP) is 6.67. The van der Waals surface area contributed by atoms with Crippen molar-refractivity contribution >= 4 is 18.1 Å². The molecule has 2 aliphatic carbocycles. The number of nitrogens with one attached hydrogen (secondary N) is 1. The molecule has 1 atom stereocenters. The lowest BCUT2D eigenvalue weighted by molar-refractivity contribution is -0.136. The molecule has 0 aliphatic heterocycles. The van der Waals surface area contributed by atoms with Crippen molar-refractivity contribution < 1.29 is 19.1 Å². The summed E-state index contributed by atoms with van der Waals surface area (Å²) in [5.41, 5.74) is 6.60. The first-order valence-corrected chi connectivity index (χ1v) is 11.8. The van der Waals surface area contributed by atoms with Crippen LogP contribution in [0.1, 0.15) is 49.0 Å². The van der Waals surface area contributed by atoms with Gasteiger partial charge in [-0.3, -0.25) is 10.1 Å². The van der Waals surface area contributed by atoms with Crippen LogP contribution in [0.25, 0.3) is 16.7 Å². The van der Waals surface area contributed by atoms with E-state index in [0.717, 1.165) is 51.9 Å². The predicted molar refractivity (Wildman–Crippen MR) is 135 cm³/mol. The molecule has 1 saturated carbocycles. The quantitative estimate of drug-likeness (QED) is 0.377. The van der Waals surface area contributed by atoms with E-state index in [2.05, 4.69) is 41.7 Å². The molecule has 0 bridgehead atoms. The molecule has 1 N–H and O–H groups in total. The van der Waals surface area contributed by atoms with Crippen LogP contribution in [0, 0.1) is 0 Å². The number of amides is 1. The molecule has 0 radical (unpaired) electrons. The number of benzene rings is 3. The summed E-state index contributed by atoms with van der Waals surface area (Å²) >= 11 is 0. The van der Waals surface area contributed by atoms with Crippen molar-refractivity contribution in [1.29, 1.82) is 0 Å². The number of alkyl carbamates (subject to hydrolysis) is 1. The minimum absolute atomic E-state index is 0.333. The zero-order valence-electron chi connectivity index (χ0n) is 19.6. The Balaban J connectivity index is 1.27. The van der Waals surface area contributed by atoms with Gasteiger partial charge in [-0.25, -0.2) is 4.79 Å². The summed E-state index contributed by atoms with van der Waals surface area (Å²) in [6.07, 6.45) is 5.67. The first-order valence-electron chi connectivity index (χ1n) is 11.8. The minimum Gasteiger partial charge on any atom is -0.456 e. The zero-order valence-corrected chi connectivity index (χ0v) is 19.6. The third-order valence-corrected chi connectivity index (χ3v) is 6.66. The van der Waals surface area contributed by atoms with E-state index in [1.165, 1.54) is 0 Å². The molecule has 35 heavy (non-hydrogen) atoms. The highest BCUT2D eigenvalue weighted by Crippen LogP contribution is 2.49. The molecular weight excluding hydrogens is 438 g/mol. The molecule has 5 rings (SSSR count). The van der Waals surface area contributed by atoms with E-state index in [4.69, 9.17) is 9.47 Å². The second-order valence-corrected chi connectivity index (χ2v) is 8.95. The van der Waals surface area contributed by atoms with Crippen molar-refractivity contribution in [2.75, 3.05) is 0 Å². The van der Waals surface area contributed by atoms with Gasteiger partial charge in [0.25, 0.3) is 6.47 Å². The third-order valence-electron chi connectivity index (χ3n) is 6.66. The number of allylic oxidation sites excluding steroid dienone is 3. The van der Waals surface area contributed by atoms with Gasteiger partial charge in [-0.1, -0.05) is 91.0 Å². The Morgan fingerprint density at radius 3 is 2.17 bits per heavy atom. The normalized spacial score (nSPS) is 16.5. The lowest BCUT2D eigenvalue weighted by atomic mass is 9.98. The van der Waals surface area contributed by atoms with Gasteiger partial charge < -0.3 is 9.47 Å². The number of hydrogen-bond acceptors (Lipinski definition) is 4. The van der Waals surface area contributed by atoms with Gasteiger partial charge in [-0.15, -0.1) is 0 Å². The summed E-state index contributed by atoms with van der Waals surface area (Å²) in [6, 6.07) is 26.1. The van der Waals surface area contributed by atoms with E-state index in [1.54, 1.807) is 0 Å². The Bertz CT molecular complexity index is 1270. The Hall–Kier alpha value is -4.12. The molecule has 176 valence electrons. The van der Waals surface area contributed by atoms with Gasteiger partial charge in [0, 0.05) is 17.7 Å². The average Bonchev–Trinajstić information content (AvgIpc) is 3.54. The lowest BCUT2D eigenvalue weighted by Gasteiger charge is -2.16. The van der Waals surface area contributed by atoms with Gasteiger partial charge >= 0.3 is 6.09 Å². The fraction of sp³-hybridized carbons (Fsp3) is 0.200. The molecule has 0 saturated heterocycles. The summed E-state index contributed by atoms with van der Waals surface area (Å²) in [6.45, 7) is 2.40. The number of ether oxygens (including phenoxy) is 2. The first kappa shape index (κ1) is 22.7. The first-order chi connectivity index (χ1) is 17.1. The largest absolute Gasteiger partial charge is 0.456 e. The Labute approximate surface area is 205 Å². The number of rotatable bonds is 8. The standard InChI is InChI=1S/C30H27NO4/c1-21(22-6-3-2-4-7-22)35-29(33)31-28-9-5-8-27(28)25-12-10-23(11-13-25)24-14-16-26(17-15-24)30(18-19-30)34-20-32/h2-8,10-17,20-21H,9,18-19H2,1H3,(H,31,33)/t21-/m1/s1. The van der Waals surface area contributed by atoms with Crippen LogP contribution < -0.4 is 5.32 Å². The molecule has 0 aromatic heterocycles. The zero-order chi connectivity index (χ0) is 24.3. The topological polar surface area (TPSA) is 64.6 Å². The van der Waals surface area contributed by atoms with Gasteiger partial charge in [0.15, 0.2) is 0 Å². The van der Waals surface area contributed by atoms with Crippen molar-refractivity contribution in [3.8, 4) is 11.1 Å². The lowest BCUT2D eigenvalue weighted by Crippen LogP contribution is -2.25. The summed E-state index contributed by atoms with van der Waals surface area (Å²) in [4.78, 5) is 23.3. The van der Waals surface area contributed by atoms with E-state index < -0.39 is 11.7 Å². The van der Waals surface area contributed by atoms with Crippen molar-refractivity contribution in [2.24, 2.45) is 0 Å². The number of carbonyl (C=O) groups is 2. The van der Waals surface area contributed by atoms with Crippen LogP contribution in [0.5, 0.6) is 0 Å². The molecular formula is C30H27NO4. The second kappa shape index (κ2) is 9.63. The van der Waals surface area contributed by atoms with Crippen LogP contribution in [0.15, 0.2) is 96.7 Å². The highest BCUT2D eigenvalue weighted by Gasteiger charge is 2.46. The fourth-order valence-corrected chi connectivity index (χ4v) is 4.49. The maximum atomic E-state index is 12.5. The molecule has 5 heteroatoms. The highest BCUT2D eigenvalue weighted by molar-refractivity contribution is 5.84. The molecule has 0 spiro atoms. The van der Waals surface area contributed by atoms with E-state index >= 15 is 0 Å². The van der Waals surface area contributed by atoms with Crippen LogP contribution in [0.4, 0.5) is 4.79 Å². The molecule has 0 heterocycles. The number of hydrogen-bond donors (Lipinski definition) is 1. The monoisotopic (exact) mass is 465 g/mol. The maximum Gasteiger partial charge on any atom is 0.411 e. The van der Waals surface area contributed by atoms with Gasteiger partial charge in [-0.05, 0) is 47.6 Å². The van der Waals surface area contributed by atoms with E-state index in [9.17, 15) is 9.59 Å². The maximum absolute atomic E-state index is 12.5.